The maximum absolute atomic E-state index is 5.79. The van der Waals surface area contributed by atoms with Crippen molar-refractivity contribution in [2.45, 2.75) is 6.92 Å². The molecule has 0 saturated carbocycles. The molecule has 1 aromatic carbocycles. The molecule has 0 bridgehead atoms. The van der Waals surface area contributed by atoms with Crippen LogP contribution in [0.2, 0.25) is 0 Å². The molecule has 2 rings (SSSR count). The number of aryl methyl sites for hydroxylation is 1. The lowest BCUT2D eigenvalue weighted by Crippen LogP contribution is -2.29. The summed E-state index contributed by atoms with van der Waals surface area (Å²) in [5.74, 6) is 1.47. The van der Waals surface area contributed by atoms with Gasteiger partial charge in [-0.15, -0.1) is 0 Å². The van der Waals surface area contributed by atoms with Crippen LogP contribution in [0.3, 0.4) is 0 Å². The Balaban J connectivity index is 2.05. The predicted octanol–water partition coefficient (Wildman–Crippen LogP) is 1.42. The van der Waals surface area contributed by atoms with E-state index in [1.807, 2.05) is 25.1 Å². The molecule has 0 spiro atoms. The smallest absolute Gasteiger partial charge is 0.149 e. The van der Waals surface area contributed by atoms with Crippen LogP contribution < -0.4 is 15.8 Å². The molecule has 1 aliphatic heterocycles. The number of hydrogen-bond acceptors (Lipinski definition) is 4. The van der Waals surface area contributed by atoms with Crippen LogP contribution in [0, 0.1) is 6.92 Å². The van der Waals surface area contributed by atoms with Crippen molar-refractivity contribution < 1.29 is 9.47 Å². The minimum Gasteiger partial charge on any atom is -0.492 e. The largest absolute Gasteiger partial charge is 0.492 e. The van der Waals surface area contributed by atoms with Crippen LogP contribution in [0.5, 0.6) is 5.75 Å². The van der Waals surface area contributed by atoms with E-state index in [1.54, 1.807) is 6.26 Å². The van der Waals surface area contributed by atoms with Gasteiger partial charge in [-0.25, -0.2) is 0 Å². The molecule has 1 aliphatic rings. The summed E-state index contributed by atoms with van der Waals surface area (Å²) in [6, 6.07) is 5.69. The second-order valence-corrected chi connectivity index (χ2v) is 3.77. The van der Waals surface area contributed by atoms with Gasteiger partial charge in [-0.2, -0.15) is 0 Å². The number of nitrogens with one attached hydrogen (secondary N) is 1. The first-order valence-corrected chi connectivity index (χ1v) is 5.31. The Morgan fingerprint density at radius 2 is 2.38 bits per heavy atom. The number of anilines is 1. The van der Waals surface area contributed by atoms with Crippen LogP contribution in [0.4, 0.5) is 5.69 Å². The molecule has 1 heterocycles. The average Bonchev–Trinajstić information content (AvgIpc) is 2.32. The van der Waals surface area contributed by atoms with Crippen molar-refractivity contribution in [1.82, 2.24) is 5.32 Å². The van der Waals surface area contributed by atoms with Gasteiger partial charge in [0.2, 0.25) is 0 Å². The molecule has 16 heavy (non-hydrogen) atoms. The third kappa shape index (κ3) is 2.67. The van der Waals surface area contributed by atoms with E-state index in [4.69, 9.17) is 15.2 Å². The molecule has 0 atom stereocenters. The summed E-state index contributed by atoms with van der Waals surface area (Å²) >= 11 is 0. The van der Waals surface area contributed by atoms with E-state index in [-0.39, 0.29) is 0 Å². The molecular formula is C12H16N2O2. The van der Waals surface area contributed by atoms with E-state index in [0.717, 1.165) is 17.9 Å². The second-order valence-electron chi connectivity index (χ2n) is 3.77. The zero-order chi connectivity index (χ0) is 11.4. The minimum atomic E-state index is 0.631. The van der Waals surface area contributed by atoms with E-state index in [9.17, 15) is 0 Å². The zero-order valence-electron chi connectivity index (χ0n) is 9.32. The van der Waals surface area contributed by atoms with Gasteiger partial charge >= 0.3 is 0 Å². The van der Waals surface area contributed by atoms with Gasteiger partial charge in [0.05, 0.1) is 12.2 Å². The molecule has 1 fully saturated rings. The van der Waals surface area contributed by atoms with Gasteiger partial charge in [0.15, 0.2) is 0 Å². The van der Waals surface area contributed by atoms with Crippen molar-refractivity contribution in [3.8, 4) is 5.75 Å². The Morgan fingerprint density at radius 3 is 3.12 bits per heavy atom. The van der Waals surface area contributed by atoms with Crippen LogP contribution in [-0.4, -0.2) is 19.7 Å². The Kier molecular flexibility index (Phi) is 3.31. The van der Waals surface area contributed by atoms with Gasteiger partial charge in [0.25, 0.3) is 0 Å². The summed E-state index contributed by atoms with van der Waals surface area (Å²) in [5, 5.41) is 3.19. The van der Waals surface area contributed by atoms with Crippen molar-refractivity contribution in [2.24, 2.45) is 0 Å². The standard InChI is InChI=1S/C12H16N2O2/c1-9-2-3-11(13)12(6-9)16-8-10-7-14-4-5-15-10/h2-3,6,8,14H,4-5,7,13H2,1H3. The molecule has 4 nitrogen and oxygen atoms in total. The molecular weight excluding hydrogens is 204 g/mol. The molecule has 0 aromatic heterocycles. The Morgan fingerprint density at radius 1 is 1.50 bits per heavy atom. The Hall–Kier alpha value is -1.68. The quantitative estimate of drug-likeness (QED) is 0.584. The Bertz CT molecular complexity index is 394. The second kappa shape index (κ2) is 4.90. The predicted molar refractivity (Wildman–Crippen MR) is 63.1 cm³/mol. The lowest BCUT2D eigenvalue weighted by atomic mass is 10.2. The number of nitrogen functional groups attached to an aromatic ring is 1. The summed E-state index contributed by atoms with van der Waals surface area (Å²) in [5.41, 5.74) is 7.54. The number of nitrogens with two attached hydrogens (primary N) is 1. The number of hydrogen-bond donors (Lipinski definition) is 2. The number of rotatable bonds is 2. The third-order valence-corrected chi connectivity index (χ3v) is 2.35. The Labute approximate surface area is 95.0 Å². The molecule has 0 amide bonds. The maximum Gasteiger partial charge on any atom is 0.149 e. The zero-order valence-corrected chi connectivity index (χ0v) is 9.32. The van der Waals surface area contributed by atoms with E-state index in [0.29, 0.717) is 24.6 Å². The van der Waals surface area contributed by atoms with E-state index < -0.39 is 0 Å². The molecule has 4 heteroatoms. The summed E-state index contributed by atoms with van der Waals surface area (Å²) in [6.45, 7) is 4.26. The first kappa shape index (κ1) is 10.8. The van der Waals surface area contributed by atoms with Crippen LogP contribution >= 0.6 is 0 Å². The van der Waals surface area contributed by atoms with Crippen LogP contribution in [-0.2, 0) is 4.74 Å². The SMILES string of the molecule is Cc1ccc(N)c(OC=C2CNCCO2)c1. The van der Waals surface area contributed by atoms with Crippen molar-refractivity contribution in [2.75, 3.05) is 25.4 Å². The van der Waals surface area contributed by atoms with Crippen LogP contribution in [0.25, 0.3) is 0 Å². The van der Waals surface area contributed by atoms with Gasteiger partial charge in [0, 0.05) is 6.54 Å². The molecule has 0 aliphatic carbocycles. The van der Waals surface area contributed by atoms with Crippen molar-refractivity contribution in [3.63, 3.8) is 0 Å². The fraction of sp³-hybridized carbons (Fsp3) is 0.333. The van der Waals surface area contributed by atoms with Gasteiger partial charge in [0.1, 0.15) is 24.4 Å². The van der Waals surface area contributed by atoms with Gasteiger partial charge < -0.3 is 20.5 Å². The summed E-state index contributed by atoms with van der Waals surface area (Å²) < 4.78 is 10.9. The number of morpholine rings is 1. The highest BCUT2D eigenvalue weighted by Crippen LogP contribution is 2.22. The first-order chi connectivity index (χ1) is 7.75. The highest BCUT2D eigenvalue weighted by Gasteiger charge is 2.06. The molecule has 1 aromatic rings. The van der Waals surface area contributed by atoms with Gasteiger partial charge in [-0.1, -0.05) is 6.07 Å². The molecule has 1 saturated heterocycles. The van der Waals surface area contributed by atoms with Crippen molar-refractivity contribution in [3.05, 3.63) is 35.8 Å². The number of benzene rings is 1. The van der Waals surface area contributed by atoms with Crippen LogP contribution in [0.1, 0.15) is 5.56 Å². The van der Waals surface area contributed by atoms with Crippen molar-refractivity contribution >= 4 is 5.69 Å². The van der Waals surface area contributed by atoms with Gasteiger partial charge in [-0.05, 0) is 24.6 Å². The van der Waals surface area contributed by atoms with Gasteiger partial charge in [-0.3, -0.25) is 0 Å². The minimum absolute atomic E-state index is 0.631. The van der Waals surface area contributed by atoms with E-state index in [2.05, 4.69) is 5.32 Å². The molecule has 0 unspecified atom stereocenters. The molecule has 3 N–H and O–H groups in total. The lowest BCUT2D eigenvalue weighted by Gasteiger charge is -2.17. The lowest BCUT2D eigenvalue weighted by molar-refractivity contribution is 0.168. The highest BCUT2D eigenvalue weighted by atomic mass is 16.5. The monoisotopic (exact) mass is 220 g/mol. The molecule has 0 radical (unpaired) electrons. The first-order valence-electron chi connectivity index (χ1n) is 5.31. The van der Waals surface area contributed by atoms with Crippen molar-refractivity contribution in [1.29, 1.82) is 0 Å². The van der Waals surface area contributed by atoms with E-state index >= 15 is 0 Å². The number of ether oxygens (including phenoxy) is 2. The fourth-order valence-corrected chi connectivity index (χ4v) is 1.47. The maximum atomic E-state index is 5.79. The highest BCUT2D eigenvalue weighted by molar-refractivity contribution is 5.54. The topological polar surface area (TPSA) is 56.5 Å². The summed E-state index contributed by atoms with van der Waals surface area (Å²) in [4.78, 5) is 0. The average molecular weight is 220 g/mol. The fourth-order valence-electron chi connectivity index (χ4n) is 1.47. The third-order valence-electron chi connectivity index (χ3n) is 2.35. The normalized spacial score (nSPS) is 18.2. The van der Waals surface area contributed by atoms with Crippen LogP contribution in [0.15, 0.2) is 30.2 Å². The summed E-state index contributed by atoms with van der Waals surface area (Å²) in [7, 11) is 0. The summed E-state index contributed by atoms with van der Waals surface area (Å²) in [6.07, 6.45) is 1.61. The van der Waals surface area contributed by atoms with E-state index in [1.165, 1.54) is 0 Å². The molecule has 86 valence electrons.